The molecule has 0 spiro atoms. The number of sulfonamides is 1. The maximum absolute atomic E-state index is 12.0. The second kappa shape index (κ2) is 8.33. The molecule has 0 radical (unpaired) electrons. The Morgan fingerprint density at radius 2 is 1.74 bits per heavy atom. The summed E-state index contributed by atoms with van der Waals surface area (Å²) in [4.78, 5) is 22.4. The van der Waals surface area contributed by atoms with Crippen molar-refractivity contribution in [2.45, 2.75) is 4.90 Å². The highest BCUT2D eigenvalue weighted by Crippen LogP contribution is 2.27. The molecule has 0 unspecified atom stereocenters. The quantitative estimate of drug-likeness (QED) is 0.532. The number of benzene rings is 2. The zero-order valence-electron chi connectivity index (χ0n) is 14.5. The van der Waals surface area contributed by atoms with Crippen molar-refractivity contribution in [3.8, 4) is 0 Å². The molecule has 144 valence electrons. The number of nitrogens with one attached hydrogen (secondary N) is 2. The van der Waals surface area contributed by atoms with Gasteiger partial charge in [-0.25, -0.2) is 12.7 Å². The van der Waals surface area contributed by atoms with Crippen LogP contribution in [0.5, 0.6) is 0 Å². The van der Waals surface area contributed by atoms with E-state index in [1.165, 1.54) is 56.6 Å². The topological polar surface area (TPSA) is 122 Å². The monoisotopic (exact) mass is 412 g/mol. The van der Waals surface area contributed by atoms with Crippen LogP contribution in [-0.4, -0.2) is 44.2 Å². The van der Waals surface area contributed by atoms with Gasteiger partial charge in [0.15, 0.2) is 0 Å². The highest BCUT2D eigenvalue weighted by atomic mass is 35.5. The van der Waals surface area contributed by atoms with Gasteiger partial charge in [-0.1, -0.05) is 11.6 Å². The number of carbonyl (C=O) groups excluding carboxylic acids is 1. The number of amides is 1. The van der Waals surface area contributed by atoms with E-state index in [0.717, 1.165) is 4.31 Å². The summed E-state index contributed by atoms with van der Waals surface area (Å²) in [6, 6.07) is 9.84. The lowest BCUT2D eigenvalue weighted by atomic mass is 10.2. The van der Waals surface area contributed by atoms with E-state index in [1.807, 2.05) is 0 Å². The van der Waals surface area contributed by atoms with Crippen LogP contribution < -0.4 is 10.6 Å². The van der Waals surface area contributed by atoms with Crippen molar-refractivity contribution >= 4 is 44.6 Å². The summed E-state index contributed by atoms with van der Waals surface area (Å²) >= 11 is 5.73. The number of rotatable bonds is 7. The van der Waals surface area contributed by atoms with Gasteiger partial charge in [0.2, 0.25) is 15.9 Å². The normalized spacial score (nSPS) is 11.3. The van der Waals surface area contributed by atoms with Gasteiger partial charge in [-0.15, -0.1) is 0 Å². The van der Waals surface area contributed by atoms with Crippen molar-refractivity contribution in [1.29, 1.82) is 0 Å². The Hall–Kier alpha value is -2.69. The zero-order valence-corrected chi connectivity index (χ0v) is 16.0. The molecule has 2 aromatic rings. The van der Waals surface area contributed by atoms with Gasteiger partial charge in [0.1, 0.15) is 5.02 Å². The first kappa shape index (κ1) is 20.6. The second-order valence-corrected chi connectivity index (χ2v) is 8.20. The fourth-order valence-corrected chi connectivity index (χ4v) is 3.16. The van der Waals surface area contributed by atoms with Crippen LogP contribution in [0.2, 0.25) is 5.02 Å². The van der Waals surface area contributed by atoms with Crippen LogP contribution in [0.15, 0.2) is 47.4 Å². The van der Waals surface area contributed by atoms with Crippen molar-refractivity contribution < 1.29 is 18.1 Å². The van der Waals surface area contributed by atoms with Gasteiger partial charge in [-0.05, 0) is 36.4 Å². The number of carbonyl (C=O) groups is 1. The summed E-state index contributed by atoms with van der Waals surface area (Å²) in [6.07, 6.45) is 0. The molecular formula is C16H17ClN4O5S. The molecule has 0 aromatic heterocycles. The van der Waals surface area contributed by atoms with Gasteiger partial charge in [0, 0.05) is 31.5 Å². The van der Waals surface area contributed by atoms with Crippen molar-refractivity contribution in [2.75, 3.05) is 31.3 Å². The molecule has 0 saturated carbocycles. The van der Waals surface area contributed by atoms with E-state index in [1.54, 1.807) is 0 Å². The molecule has 9 nitrogen and oxygen atoms in total. The Morgan fingerprint density at radius 1 is 1.15 bits per heavy atom. The molecule has 11 heteroatoms. The van der Waals surface area contributed by atoms with E-state index in [2.05, 4.69) is 10.6 Å². The first-order valence-corrected chi connectivity index (χ1v) is 9.43. The zero-order chi connectivity index (χ0) is 20.2. The van der Waals surface area contributed by atoms with Crippen molar-refractivity contribution in [1.82, 2.24) is 4.31 Å². The summed E-state index contributed by atoms with van der Waals surface area (Å²) in [6.45, 7) is -0.142. The van der Waals surface area contributed by atoms with Crippen molar-refractivity contribution in [3.63, 3.8) is 0 Å². The molecule has 0 saturated heterocycles. The highest BCUT2D eigenvalue weighted by molar-refractivity contribution is 7.89. The lowest BCUT2D eigenvalue weighted by molar-refractivity contribution is -0.384. The summed E-state index contributed by atoms with van der Waals surface area (Å²) in [5.41, 5.74) is 0.523. The number of halogens is 1. The third-order valence-electron chi connectivity index (χ3n) is 3.51. The molecule has 0 aliphatic heterocycles. The number of nitrogens with zero attached hydrogens (tertiary/aromatic N) is 2. The molecular weight excluding hydrogens is 396 g/mol. The van der Waals surface area contributed by atoms with Gasteiger partial charge in [-0.2, -0.15) is 0 Å². The predicted octanol–water partition coefficient (Wildman–Crippen LogP) is 2.55. The van der Waals surface area contributed by atoms with Crippen LogP contribution in [0.4, 0.5) is 17.1 Å². The molecule has 0 heterocycles. The van der Waals surface area contributed by atoms with E-state index in [-0.39, 0.29) is 22.2 Å². The fraction of sp³-hybridized carbons (Fsp3) is 0.188. The number of anilines is 2. The van der Waals surface area contributed by atoms with E-state index in [0.29, 0.717) is 11.4 Å². The van der Waals surface area contributed by atoms with Gasteiger partial charge in [0.25, 0.3) is 5.69 Å². The Kier molecular flexibility index (Phi) is 6.37. The Balaban J connectivity index is 1.98. The summed E-state index contributed by atoms with van der Waals surface area (Å²) in [7, 11) is -0.684. The molecule has 1 amide bonds. The first-order chi connectivity index (χ1) is 12.6. The molecule has 0 bridgehead atoms. The highest BCUT2D eigenvalue weighted by Gasteiger charge is 2.17. The first-order valence-electron chi connectivity index (χ1n) is 7.61. The van der Waals surface area contributed by atoms with E-state index in [9.17, 15) is 23.3 Å². The molecule has 0 atom stereocenters. The van der Waals surface area contributed by atoms with Gasteiger partial charge >= 0.3 is 0 Å². The van der Waals surface area contributed by atoms with Crippen LogP contribution >= 0.6 is 11.6 Å². The predicted molar refractivity (Wildman–Crippen MR) is 103 cm³/mol. The molecule has 27 heavy (non-hydrogen) atoms. The SMILES string of the molecule is CN(C)S(=O)(=O)c1ccc(NC(=O)CNc2ccc(Cl)c([N+](=O)[O-])c2)cc1. The summed E-state index contributed by atoms with van der Waals surface area (Å²) in [5, 5.41) is 16.2. The van der Waals surface area contributed by atoms with Crippen LogP contribution in [0.1, 0.15) is 0 Å². The lowest BCUT2D eigenvalue weighted by Crippen LogP contribution is -2.23. The van der Waals surface area contributed by atoms with Gasteiger partial charge in [0.05, 0.1) is 16.4 Å². The Morgan fingerprint density at radius 3 is 2.30 bits per heavy atom. The minimum atomic E-state index is -3.54. The van der Waals surface area contributed by atoms with E-state index in [4.69, 9.17) is 11.6 Å². The Bertz CT molecular complexity index is 961. The van der Waals surface area contributed by atoms with Crippen LogP contribution in [0.3, 0.4) is 0 Å². The van der Waals surface area contributed by atoms with Gasteiger partial charge in [-0.3, -0.25) is 14.9 Å². The smallest absolute Gasteiger partial charge is 0.289 e. The molecule has 2 aromatic carbocycles. The molecule has 2 rings (SSSR count). The third-order valence-corrected chi connectivity index (χ3v) is 5.66. The van der Waals surface area contributed by atoms with Crippen molar-refractivity contribution in [2.24, 2.45) is 0 Å². The fourth-order valence-electron chi connectivity index (χ4n) is 2.07. The number of nitro benzene ring substituents is 1. The van der Waals surface area contributed by atoms with Crippen LogP contribution in [0.25, 0.3) is 0 Å². The molecule has 0 aliphatic rings. The Labute approximate surface area is 161 Å². The molecule has 2 N–H and O–H groups in total. The summed E-state index contributed by atoms with van der Waals surface area (Å²) < 4.78 is 25.1. The van der Waals surface area contributed by atoms with E-state index < -0.39 is 20.9 Å². The third kappa shape index (κ3) is 5.16. The molecule has 0 fully saturated rings. The maximum Gasteiger partial charge on any atom is 0.289 e. The lowest BCUT2D eigenvalue weighted by Gasteiger charge is -2.12. The largest absolute Gasteiger partial charge is 0.376 e. The number of hydrogen-bond acceptors (Lipinski definition) is 6. The minimum absolute atomic E-state index is 0.00256. The summed E-state index contributed by atoms with van der Waals surface area (Å²) in [5.74, 6) is -0.407. The molecule has 0 aliphatic carbocycles. The van der Waals surface area contributed by atoms with Crippen molar-refractivity contribution in [3.05, 3.63) is 57.6 Å². The van der Waals surface area contributed by atoms with Crippen LogP contribution in [0, 0.1) is 10.1 Å². The average Bonchev–Trinajstić information content (AvgIpc) is 2.61. The van der Waals surface area contributed by atoms with Gasteiger partial charge < -0.3 is 10.6 Å². The minimum Gasteiger partial charge on any atom is -0.376 e. The van der Waals surface area contributed by atoms with E-state index >= 15 is 0 Å². The number of nitro groups is 1. The van der Waals surface area contributed by atoms with Crippen LogP contribution in [-0.2, 0) is 14.8 Å². The standard InChI is InChI=1S/C16H17ClN4O5S/c1-20(2)27(25,26)13-6-3-11(4-7-13)19-16(22)10-18-12-5-8-14(17)15(9-12)21(23)24/h3-9,18H,10H2,1-2H3,(H,19,22). The second-order valence-electron chi connectivity index (χ2n) is 5.64. The average molecular weight is 413 g/mol. The number of hydrogen-bond donors (Lipinski definition) is 2. The maximum atomic E-state index is 12.0.